The second kappa shape index (κ2) is 5.18. The molecule has 19 heavy (non-hydrogen) atoms. The Morgan fingerprint density at radius 2 is 2.37 bits per heavy atom. The first-order chi connectivity index (χ1) is 9.17. The van der Waals surface area contributed by atoms with Crippen LogP contribution < -0.4 is 10.9 Å². The van der Waals surface area contributed by atoms with Gasteiger partial charge in [-0.15, -0.1) is 0 Å². The number of nitrogens with zero attached hydrogens (tertiary/aromatic N) is 3. The fourth-order valence-corrected chi connectivity index (χ4v) is 1.57. The molecule has 7 heteroatoms. The number of nitrogens with one attached hydrogen (secondary N) is 1. The minimum Gasteiger partial charge on any atom is -0.465 e. The number of methoxy groups -OCH3 is 1. The van der Waals surface area contributed by atoms with E-state index in [1.807, 2.05) is 6.07 Å². The smallest absolute Gasteiger partial charge is 0.339 e. The molecule has 0 aromatic carbocycles. The van der Waals surface area contributed by atoms with Gasteiger partial charge < -0.3 is 10.1 Å². The molecular formula is C12H10N4O3. The Labute approximate surface area is 108 Å². The summed E-state index contributed by atoms with van der Waals surface area (Å²) in [6.45, 7) is -0.000318. The molecule has 0 saturated heterocycles. The van der Waals surface area contributed by atoms with Crippen molar-refractivity contribution in [1.29, 1.82) is 5.26 Å². The largest absolute Gasteiger partial charge is 0.465 e. The molecule has 1 N–H and O–H groups in total. The zero-order chi connectivity index (χ0) is 13.8. The molecule has 0 aliphatic heterocycles. The van der Waals surface area contributed by atoms with Gasteiger partial charge in [0.15, 0.2) is 0 Å². The van der Waals surface area contributed by atoms with Crippen LogP contribution in [-0.4, -0.2) is 29.0 Å². The lowest BCUT2D eigenvalue weighted by Crippen LogP contribution is -2.20. The lowest BCUT2D eigenvalue weighted by Gasteiger charge is -2.06. The number of hydrogen-bond acceptors (Lipinski definition) is 6. The fourth-order valence-electron chi connectivity index (χ4n) is 1.57. The minimum absolute atomic E-state index is 0.000318. The molecule has 0 spiro atoms. The van der Waals surface area contributed by atoms with Gasteiger partial charge in [-0.3, -0.25) is 9.20 Å². The Kier molecular flexibility index (Phi) is 3.43. The number of nitriles is 1. The number of aromatic nitrogens is 2. The van der Waals surface area contributed by atoms with Crippen LogP contribution in [0.5, 0.6) is 0 Å². The summed E-state index contributed by atoms with van der Waals surface area (Å²) in [5.41, 5.74) is 0.462. The van der Waals surface area contributed by atoms with Crippen LogP contribution in [-0.2, 0) is 4.74 Å². The summed E-state index contributed by atoms with van der Waals surface area (Å²) in [7, 11) is 1.26. The molecule has 0 atom stereocenters. The summed E-state index contributed by atoms with van der Waals surface area (Å²) in [4.78, 5) is 27.6. The van der Waals surface area contributed by atoms with Crippen LogP contribution in [0.4, 0.5) is 5.69 Å². The summed E-state index contributed by atoms with van der Waals surface area (Å²) in [5, 5.41) is 11.1. The number of rotatable bonds is 3. The highest BCUT2D eigenvalue weighted by Gasteiger charge is 2.09. The molecule has 0 unspecified atom stereocenters. The Morgan fingerprint density at radius 1 is 1.58 bits per heavy atom. The average molecular weight is 258 g/mol. The van der Waals surface area contributed by atoms with Crippen LogP contribution in [0.15, 0.2) is 29.3 Å². The summed E-state index contributed by atoms with van der Waals surface area (Å²) in [5.74, 6) is -0.538. The van der Waals surface area contributed by atoms with Gasteiger partial charge >= 0.3 is 5.97 Å². The lowest BCUT2D eigenvalue weighted by atomic mass is 10.3. The number of fused-ring (bicyclic) bond motifs is 1. The van der Waals surface area contributed by atoms with E-state index in [2.05, 4.69) is 15.0 Å². The second-order valence-electron chi connectivity index (χ2n) is 3.63. The highest BCUT2D eigenvalue weighted by molar-refractivity contribution is 5.89. The summed E-state index contributed by atoms with van der Waals surface area (Å²) >= 11 is 0. The molecule has 2 heterocycles. The van der Waals surface area contributed by atoms with E-state index in [0.717, 1.165) is 0 Å². The first-order valence-electron chi connectivity index (χ1n) is 5.38. The van der Waals surface area contributed by atoms with Crippen molar-refractivity contribution in [3.05, 3.63) is 40.4 Å². The molecule has 0 amide bonds. The van der Waals surface area contributed by atoms with Crippen molar-refractivity contribution in [1.82, 2.24) is 9.38 Å². The van der Waals surface area contributed by atoms with Gasteiger partial charge in [0.2, 0.25) is 0 Å². The van der Waals surface area contributed by atoms with Gasteiger partial charge in [0.05, 0.1) is 24.9 Å². The van der Waals surface area contributed by atoms with Crippen LogP contribution in [0, 0.1) is 11.3 Å². The Hall–Kier alpha value is -2.88. The SMILES string of the molecule is COC(=O)c1ccc2ncc(NCC#N)c(=O)n2c1. The third-order valence-corrected chi connectivity index (χ3v) is 2.48. The number of anilines is 1. The highest BCUT2D eigenvalue weighted by atomic mass is 16.5. The zero-order valence-electron chi connectivity index (χ0n) is 10.1. The van der Waals surface area contributed by atoms with Crippen molar-refractivity contribution < 1.29 is 9.53 Å². The maximum absolute atomic E-state index is 12.1. The van der Waals surface area contributed by atoms with Crippen LogP contribution in [0.1, 0.15) is 10.4 Å². The zero-order valence-corrected chi connectivity index (χ0v) is 10.1. The first kappa shape index (κ1) is 12.6. The maximum Gasteiger partial charge on any atom is 0.339 e. The van der Waals surface area contributed by atoms with Crippen LogP contribution in [0.2, 0.25) is 0 Å². The van der Waals surface area contributed by atoms with E-state index in [1.54, 1.807) is 6.07 Å². The predicted molar refractivity (Wildman–Crippen MR) is 66.9 cm³/mol. The number of carbonyl (C=O) groups is 1. The quantitative estimate of drug-likeness (QED) is 0.633. The van der Waals surface area contributed by atoms with Crippen molar-refractivity contribution in [2.75, 3.05) is 19.0 Å². The number of hydrogen-bond donors (Lipinski definition) is 1. The number of esters is 1. The van der Waals surface area contributed by atoms with E-state index in [4.69, 9.17) is 5.26 Å². The molecule has 2 aromatic heterocycles. The molecule has 0 radical (unpaired) electrons. The normalized spacial score (nSPS) is 9.89. The van der Waals surface area contributed by atoms with Crippen molar-refractivity contribution in [2.45, 2.75) is 0 Å². The van der Waals surface area contributed by atoms with Gasteiger partial charge in [-0.1, -0.05) is 0 Å². The van der Waals surface area contributed by atoms with Gasteiger partial charge in [0, 0.05) is 6.20 Å². The average Bonchev–Trinajstić information content (AvgIpc) is 2.45. The molecule has 96 valence electrons. The van der Waals surface area contributed by atoms with Crippen molar-refractivity contribution in [3.8, 4) is 6.07 Å². The number of carbonyl (C=O) groups excluding carboxylic acids is 1. The molecular weight excluding hydrogens is 248 g/mol. The Bertz CT molecular complexity index is 730. The Morgan fingerprint density at radius 3 is 3.05 bits per heavy atom. The van der Waals surface area contributed by atoms with Crippen LogP contribution in [0.25, 0.3) is 5.65 Å². The third-order valence-electron chi connectivity index (χ3n) is 2.48. The summed E-state index contributed by atoms with van der Waals surface area (Å²) in [6, 6.07) is 4.94. The third kappa shape index (κ3) is 2.37. The van der Waals surface area contributed by atoms with Crippen molar-refractivity contribution in [3.63, 3.8) is 0 Å². The van der Waals surface area contributed by atoms with Gasteiger partial charge in [0.1, 0.15) is 17.9 Å². The predicted octanol–water partition coefficient (Wildman–Crippen LogP) is 0.417. The van der Waals surface area contributed by atoms with E-state index in [9.17, 15) is 9.59 Å². The van der Waals surface area contributed by atoms with Gasteiger partial charge in [-0.25, -0.2) is 9.78 Å². The molecule has 0 saturated carbocycles. The minimum atomic E-state index is -0.538. The van der Waals surface area contributed by atoms with E-state index in [-0.39, 0.29) is 23.4 Å². The lowest BCUT2D eigenvalue weighted by molar-refractivity contribution is 0.0600. The molecule has 0 aliphatic carbocycles. The van der Waals surface area contributed by atoms with E-state index < -0.39 is 5.97 Å². The first-order valence-corrected chi connectivity index (χ1v) is 5.38. The number of ether oxygens (including phenoxy) is 1. The second-order valence-corrected chi connectivity index (χ2v) is 3.63. The summed E-state index contributed by atoms with van der Waals surface area (Å²) in [6.07, 6.45) is 2.71. The van der Waals surface area contributed by atoms with Crippen molar-refractivity contribution in [2.24, 2.45) is 0 Å². The molecule has 7 nitrogen and oxygen atoms in total. The topological polar surface area (TPSA) is 96.5 Å². The Balaban J connectivity index is 2.56. The molecule has 2 rings (SSSR count). The van der Waals surface area contributed by atoms with E-state index in [1.165, 1.54) is 30.0 Å². The van der Waals surface area contributed by atoms with Gasteiger partial charge in [-0.05, 0) is 12.1 Å². The van der Waals surface area contributed by atoms with Crippen LogP contribution in [0.3, 0.4) is 0 Å². The molecule has 0 fully saturated rings. The fraction of sp³-hybridized carbons (Fsp3) is 0.167. The molecule has 0 aliphatic rings. The highest BCUT2D eigenvalue weighted by Crippen LogP contribution is 2.06. The van der Waals surface area contributed by atoms with Gasteiger partial charge in [0.25, 0.3) is 5.56 Å². The van der Waals surface area contributed by atoms with E-state index >= 15 is 0 Å². The number of pyridine rings is 1. The van der Waals surface area contributed by atoms with Crippen LogP contribution >= 0.6 is 0 Å². The molecule has 2 aromatic rings. The standard InChI is InChI=1S/C12H10N4O3/c1-19-12(18)8-2-3-10-15-6-9(14-5-4-13)11(17)16(10)7-8/h2-3,6-7,14H,5H2,1H3. The van der Waals surface area contributed by atoms with Crippen molar-refractivity contribution >= 4 is 17.3 Å². The monoisotopic (exact) mass is 258 g/mol. The maximum atomic E-state index is 12.1. The summed E-state index contributed by atoms with van der Waals surface area (Å²) < 4.78 is 5.81. The van der Waals surface area contributed by atoms with E-state index in [0.29, 0.717) is 5.65 Å². The molecule has 0 bridgehead atoms. The van der Waals surface area contributed by atoms with Gasteiger partial charge in [-0.2, -0.15) is 5.26 Å².